The molecule has 0 fully saturated rings. The van der Waals surface area contributed by atoms with Crippen molar-refractivity contribution in [3.63, 3.8) is 0 Å². The van der Waals surface area contributed by atoms with Crippen LogP contribution in [0.1, 0.15) is 32.5 Å². The molecule has 3 heterocycles. The molecule has 0 aliphatic rings. The van der Waals surface area contributed by atoms with Crippen LogP contribution in [0.3, 0.4) is 0 Å². The maximum Gasteiger partial charge on any atom is 0.152 e. The van der Waals surface area contributed by atoms with Crippen LogP contribution in [0.5, 0.6) is 0 Å². The highest BCUT2D eigenvalue weighted by Gasteiger charge is 2.17. The van der Waals surface area contributed by atoms with E-state index in [0.29, 0.717) is 18.5 Å². The molecule has 0 saturated heterocycles. The Hall–Kier alpha value is -1.70. The smallest absolute Gasteiger partial charge is 0.152 e. The number of thiophene rings is 1. The molecule has 0 aliphatic carbocycles. The lowest BCUT2D eigenvalue weighted by Gasteiger charge is -2.11. The van der Waals surface area contributed by atoms with E-state index in [4.69, 9.17) is 15.5 Å². The normalized spacial score (nSPS) is 12.0. The zero-order valence-electron chi connectivity index (χ0n) is 15.2. The molecule has 0 spiro atoms. The van der Waals surface area contributed by atoms with Crippen LogP contribution in [-0.2, 0) is 17.7 Å². The Bertz CT molecular complexity index is 839. The van der Waals surface area contributed by atoms with Crippen LogP contribution in [-0.4, -0.2) is 40.8 Å². The van der Waals surface area contributed by atoms with Crippen molar-refractivity contribution in [2.75, 3.05) is 26.0 Å². The summed E-state index contributed by atoms with van der Waals surface area (Å²) in [5.74, 6) is 1.54. The summed E-state index contributed by atoms with van der Waals surface area (Å²) in [7, 11) is 1.72. The number of nitrogens with one attached hydrogen (secondary N) is 1. The van der Waals surface area contributed by atoms with Gasteiger partial charge in [0.15, 0.2) is 5.82 Å². The molecule has 3 aromatic heterocycles. The third kappa shape index (κ3) is 3.94. The summed E-state index contributed by atoms with van der Waals surface area (Å²) in [5, 5.41) is 5.54. The van der Waals surface area contributed by atoms with Crippen molar-refractivity contribution in [2.24, 2.45) is 0 Å². The molecule has 3 aromatic rings. The molecule has 0 aromatic carbocycles. The van der Waals surface area contributed by atoms with E-state index in [1.807, 2.05) is 6.07 Å². The Morgan fingerprint density at radius 1 is 1.32 bits per heavy atom. The average molecular weight is 362 g/mol. The number of nitrogens with two attached hydrogens (primary N) is 1. The molecule has 0 saturated carbocycles. The molecule has 6 nitrogen and oxygen atoms in total. The number of pyridine rings is 1. The molecule has 25 heavy (non-hydrogen) atoms. The highest BCUT2D eigenvalue weighted by Crippen LogP contribution is 2.32. The Kier molecular flexibility index (Phi) is 5.88. The predicted molar refractivity (Wildman–Crippen MR) is 105 cm³/mol. The molecule has 0 aliphatic heterocycles. The van der Waals surface area contributed by atoms with Crippen LogP contribution in [0.2, 0.25) is 0 Å². The first-order valence-corrected chi connectivity index (χ1v) is 9.74. The first-order chi connectivity index (χ1) is 12.1. The van der Waals surface area contributed by atoms with E-state index < -0.39 is 0 Å². The fraction of sp³-hybridized carbons (Fsp3) is 0.556. The van der Waals surface area contributed by atoms with Gasteiger partial charge in [-0.3, -0.25) is 0 Å². The van der Waals surface area contributed by atoms with Gasteiger partial charge >= 0.3 is 0 Å². The number of nitrogen functional groups attached to an aromatic ring is 1. The van der Waals surface area contributed by atoms with Gasteiger partial charge in [0.1, 0.15) is 11.3 Å². The van der Waals surface area contributed by atoms with Crippen molar-refractivity contribution in [1.29, 1.82) is 0 Å². The van der Waals surface area contributed by atoms with Crippen molar-refractivity contribution < 1.29 is 4.74 Å². The van der Waals surface area contributed by atoms with Crippen molar-refractivity contribution in [2.45, 2.75) is 45.7 Å². The van der Waals surface area contributed by atoms with Gasteiger partial charge in [-0.25, -0.2) is 9.97 Å². The summed E-state index contributed by atoms with van der Waals surface area (Å²) >= 11 is 1.70. The van der Waals surface area contributed by atoms with Crippen LogP contribution < -0.4 is 11.1 Å². The maximum absolute atomic E-state index is 6.18. The summed E-state index contributed by atoms with van der Waals surface area (Å²) in [6.07, 6.45) is 3.01. The quantitative estimate of drug-likeness (QED) is 0.572. The molecule has 0 amide bonds. The van der Waals surface area contributed by atoms with Crippen molar-refractivity contribution >= 4 is 38.4 Å². The highest BCUT2D eigenvalue weighted by molar-refractivity contribution is 7.18. The van der Waals surface area contributed by atoms with Crippen LogP contribution in [0, 0.1) is 0 Å². The van der Waals surface area contributed by atoms with Crippen molar-refractivity contribution in [1.82, 2.24) is 19.9 Å². The zero-order chi connectivity index (χ0) is 17.8. The molecule has 0 unspecified atom stereocenters. The van der Waals surface area contributed by atoms with Crippen LogP contribution in [0.4, 0.5) is 5.82 Å². The van der Waals surface area contributed by atoms with Crippen molar-refractivity contribution in [3.8, 4) is 0 Å². The first kappa shape index (κ1) is 18.1. The van der Waals surface area contributed by atoms with Gasteiger partial charge < -0.3 is 20.4 Å². The largest absolute Gasteiger partial charge is 0.384 e. The molecule has 3 N–H and O–H groups in total. The summed E-state index contributed by atoms with van der Waals surface area (Å²) in [6.45, 7) is 6.98. The van der Waals surface area contributed by atoms with E-state index in [1.54, 1.807) is 18.4 Å². The fourth-order valence-electron chi connectivity index (χ4n) is 3.07. The van der Waals surface area contributed by atoms with E-state index >= 15 is 0 Å². The number of hydrogen-bond donors (Lipinski definition) is 2. The predicted octanol–water partition coefficient (Wildman–Crippen LogP) is 3.20. The number of hydrogen-bond acceptors (Lipinski definition) is 6. The van der Waals surface area contributed by atoms with E-state index in [2.05, 4.69) is 34.1 Å². The summed E-state index contributed by atoms with van der Waals surface area (Å²) in [4.78, 5) is 9.29. The number of aromatic nitrogens is 3. The van der Waals surface area contributed by atoms with E-state index in [1.165, 1.54) is 4.70 Å². The summed E-state index contributed by atoms with van der Waals surface area (Å²) in [6, 6.07) is 2.55. The topological polar surface area (TPSA) is 78.0 Å². The third-order valence-corrected chi connectivity index (χ3v) is 5.19. The van der Waals surface area contributed by atoms with Gasteiger partial charge in [0.25, 0.3) is 0 Å². The zero-order valence-corrected chi connectivity index (χ0v) is 16.0. The lowest BCUT2D eigenvalue weighted by atomic mass is 10.2. The van der Waals surface area contributed by atoms with Gasteiger partial charge in [-0.2, -0.15) is 0 Å². The number of unbranched alkanes of at least 4 members (excludes halogenated alkanes) is 1. The standard InChI is InChI=1S/C18H27N5OS/c1-12(2)20-8-4-5-9-23-14(6-10-24-3)22-15-16(23)17-13(7-11-25-17)21-18(15)19/h7,11-12,20H,4-6,8-10H2,1-3H3,(H2,19,21). The van der Waals surface area contributed by atoms with E-state index in [-0.39, 0.29) is 0 Å². The number of fused-ring (bicyclic) bond motifs is 3. The molecule has 0 atom stereocenters. The minimum absolute atomic E-state index is 0.514. The van der Waals surface area contributed by atoms with Crippen LogP contribution in [0.25, 0.3) is 21.3 Å². The Morgan fingerprint density at radius 2 is 2.16 bits per heavy atom. The highest BCUT2D eigenvalue weighted by atomic mass is 32.1. The Labute approximate surface area is 152 Å². The molecule has 7 heteroatoms. The lowest BCUT2D eigenvalue weighted by Crippen LogP contribution is -2.23. The minimum atomic E-state index is 0.514. The number of anilines is 1. The van der Waals surface area contributed by atoms with Gasteiger partial charge in [-0.15, -0.1) is 11.3 Å². The van der Waals surface area contributed by atoms with Gasteiger partial charge in [0, 0.05) is 26.1 Å². The molecule has 0 bridgehead atoms. The molecule has 3 rings (SSSR count). The summed E-state index contributed by atoms with van der Waals surface area (Å²) in [5.41, 5.74) is 9.08. The third-order valence-electron chi connectivity index (χ3n) is 4.28. The monoisotopic (exact) mass is 361 g/mol. The second-order valence-corrected chi connectivity index (χ2v) is 7.48. The number of imidazole rings is 1. The minimum Gasteiger partial charge on any atom is -0.384 e. The average Bonchev–Trinajstić information content (AvgIpc) is 3.17. The number of aryl methyl sites for hydroxylation is 1. The van der Waals surface area contributed by atoms with Crippen LogP contribution in [0.15, 0.2) is 11.4 Å². The number of methoxy groups -OCH3 is 1. The Morgan fingerprint density at radius 3 is 2.92 bits per heavy atom. The molecular weight excluding hydrogens is 334 g/mol. The maximum atomic E-state index is 6.18. The van der Waals surface area contributed by atoms with E-state index in [0.717, 1.165) is 54.7 Å². The van der Waals surface area contributed by atoms with Crippen molar-refractivity contribution in [3.05, 3.63) is 17.3 Å². The molecule has 0 radical (unpaired) electrons. The number of rotatable bonds is 9. The summed E-state index contributed by atoms with van der Waals surface area (Å²) < 4.78 is 8.75. The number of ether oxygens (including phenoxy) is 1. The van der Waals surface area contributed by atoms with E-state index in [9.17, 15) is 0 Å². The van der Waals surface area contributed by atoms with Gasteiger partial charge in [-0.05, 0) is 30.8 Å². The van der Waals surface area contributed by atoms with Gasteiger partial charge in [0.2, 0.25) is 0 Å². The second kappa shape index (κ2) is 8.12. The SMILES string of the molecule is COCCc1nc2c(N)nc3ccsc3c2n1CCCCNC(C)C. The second-order valence-electron chi connectivity index (χ2n) is 6.57. The lowest BCUT2D eigenvalue weighted by molar-refractivity contribution is 0.199. The number of nitrogens with zero attached hydrogens (tertiary/aromatic N) is 3. The van der Waals surface area contributed by atoms with Crippen LogP contribution >= 0.6 is 11.3 Å². The van der Waals surface area contributed by atoms with Gasteiger partial charge in [0.05, 0.1) is 22.3 Å². The fourth-order valence-corrected chi connectivity index (χ4v) is 3.96. The Balaban J connectivity index is 1.92. The van der Waals surface area contributed by atoms with Gasteiger partial charge in [-0.1, -0.05) is 13.8 Å². The molecule has 136 valence electrons. The molecular formula is C18H27N5OS. The first-order valence-electron chi connectivity index (χ1n) is 8.86.